The zero-order chi connectivity index (χ0) is 19.7. The summed E-state index contributed by atoms with van der Waals surface area (Å²) in [6, 6.07) is 20.9. The van der Waals surface area contributed by atoms with E-state index in [1.807, 2.05) is 72.8 Å². The highest BCUT2D eigenvalue weighted by Gasteiger charge is 2.13. The second kappa shape index (κ2) is 8.19. The van der Waals surface area contributed by atoms with Crippen LogP contribution in [0.4, 0.5) is 0 Å². The molecule has 0 aliphatic carbocycles. The summed E-state index contributed by atoms with van der Waals surface area (Å²) in [5, 5.41) is 1.06. The molecule has 1 heterocycles. The van der Waals surface area contributed by atoms with Gasteiger partial charge in [0.25, 0.3) is 5.56 Å². The lowest BCUT2D eigenvalue weighted by Crippen LogP contribution is -2.22. The van der Waals surface area contributed by atoms with Crippen LogP contribution in [0, 0.1) is 3.57 Å². The molecule has 0 fully saturated rings. The first-order chi connectivity index (χ1) is 13.5. The fourth-order valence-electron chi connectivity index (χ4n) is 2.90. The lowest BCUT2D eigenvalue weighted by Gasteiger charge is -2.13. The maximum Gasteiger partial charge on any atom is 0.266 e. The van der Waals surface area contributed by atoms with E-state index < -0.39 is 0 Å². The summed E-state index contributed by atoms with van der Waals surface area (Å²) in [4.78, 5) is 18.1. The van der Waals surface area contributed by atoms with Crippen molar-refractivity contribution in [3.05, 3.63) is 102 Å². The predicted octanol–water partition coefficient (Wildman–Crippen LogP) is 6.58. The van der Waals surface area contributed by atoms with Gasteiger partial charge in [0.05, 0.1) is 21.6 Å². The van der Waals surface area contributed by atoms with E-state index in [0.717, 1.165) is 13.6 Å². The van der Waals surface area contributed by atoms with Crippen LogP contribution >= 0.6 is 50.1 Å². The van der Waals surface area contributed by atoms with Gasteiger partial charge in [-0.2, -0.15) is 0 Å². The van der Waals surface area contributed by atoms with Crippen LogP contribution < -0.4 is 5.56 Å². The molecule has 0 saturated carbocycles. The number of nitrogens with zero attached hydrogens (tertiary/aromatic N) is 2. The highest BCUT2D eigenvalue weighted by Crippen LogP contribution is 2.23. The molecule has 0 radical (unpaired) electrons. The largest absolute Gasteiger partial charge is 0.268 e. The normalized spacial score (nSPS) is 11.4. The Morgan fingerprint density at radius 3 is 2.50 bits per heavy atom. The van der Waals surface area contributed by atoms with Crippen LogP contribution in [-0.2, 0) is 0 Å². The quantitative estimate of drug-likeness (QED) is 0.264. The number of benzene rings is 3. The van der Waals surface area contributed by atoms with Crippen LogP contribution in [0.2, 0.25) is 5.02 Å². The number of fused-ring (bicyclic) bond motifs is 1. The molecule has 6 heteroatoms. The van der Waals surface area contributed by atoms with Crippen molar-refractivity contribution >= 4 is 73.2 Å². The lowest BCUT2D eigenvalue weighted by atomic mass is 10.2. The average molecular weight is 564 g/mol. The molecule has 0 spiro atoms. The van der Waals surface area contributed by atoms with Crippen molar-refractivity contribution in [1.29, 1.82) is 0 Å². The third kappa shape index (κ3) is 3.92. The summed E-state index contributed by atoms with van der Waals surface area (Å²) in [5.41, 5.74) is 2.12. The van der Waals surface area contributed by atoms with Gasteiger partial charge in [0.1, 0.15) is 5.82 Å². The van der Waals surface area contributed by atoms with E-state index in [9.17, 15) is 4.79 Å². The lowest BCUT2D eigenvalue weighted by molar-refractivity contribution is 0.944. The summed E-state index contributed by atoms with van der Waals surface area (Å²) in [7, 11) is 0. The van der Waals surface area contributed by atoms with Crippen LogP contribution in [0.15, 0.2) is 76.0 Å². The Hall–Kier alpha value is -1.96. The molecule has 0 bridgehead atoms. The van der Waals surface area contributed by atoms with Gasteiger partial charge < -0.3 is 0 Å². The molecule has 4 aromatic rings. The van der Waals surface area contributed by atoms with Crippen molar-refractivity contribution in [2.24, 2.45) is 0 Å². The van der Waals surface area contributed by atoms with Gasteiger partial charge in [-0.3, -0.25) is 9.36 Å². The van der Waals surface area contributed by atoms with Gasteiger partial charge in [-0.1, -0.05) is 57.9 Å². The molecule has 3 aromatic carbocycles. The zero-order valence-electron chi connectivity index (χ0n) is 14.4. The van der Waals surface area contributed by atoms with Crippen molar-refractivity contribution in [2.75, 3.05) is 0 Å². The van der Waals surface area contributed by atoms with Crippen molar-refractivity contribution in [3.8, 4) is 5.69 Å². The zero-order valence-corrected chi connectivity index (χ0v) is 18.9. The Morgan fingerprint density at radius 1 is 1.00 bits per heavy atom. The molecular weight excluding hydrogens is 551 g/mol. The predicted molar refractivity (Wildman–Crippen MR) is 128 cm³/mol. The Kier molecular flexibility index (Phi) is 5.66. The highest BCUT2D eigenvalue weighted by atomic mass is 127. The third-order valence-corrected chi connectivity index (χ3v) is 5.76. The van der Waals surface area contributed by atoms with Gasteiger partial charge in [-0.15, -0.1) is 0 Å². The topological polar surface area (TPSA) is 34.9 Å². The van der Waals surface area contributed by atoms with Crippen LogP contribution in [0.25, 0.3) is 28.7 Å². The number of hydrogen-bond donors (Lipinski definition) is 0. The highest BCUT2D eigenvalue weighted by molar-refractivity contribution is 14.1. The first-order valence-corrected chi connectivity index (χ1v) is 10.7. The minimum atomic E-state index is -0.146. The number of halogens is 3. The van der Waals surface area contributed by atoms with Crippen LogP contribution in [0.3, 0.4) is 0 Å². The summed E-state index contributed by atoms with van der Waals surface area (Å²) in [6.45, 7) is 0. The van der Waals surface area contributed by atoms with Gasteiger partial charge in [0.15, 0.2) is 0 Å². The standard InChI is InChI=1S/C22H13BrClIN2O/c23-15-8-5-14(6-9-15)7-12-21-26-19-11-10-16(25)13-17(19)22(28)27(21)20-4-2-1-3-18(20)24/h1-13H. The molecule has 28 heavy (non-hydrogen) atoms. The Labute approximate surface area is 189 Å². The van der Waals surface area contributed by atoms with Crippen LogP contribution in [0.1, 0.15) is 11.4 Å². The summed E-state index contributed by atoms with van der Waals surface area (Å²) in [5.74, 6) is 0.523. The molecule has 3 nitrogen and oxygen atoms in total. The van der Waals surface area contributed by atoms with Gasteiger partial charge in [0.2, 0.25) is 0 Å². The minimum Gasteiger partial charge on any atom is -0.268 e. The van der Waals surface area contributed by atoms with E-state index in [1.54, 1.807) is 10.6 Å². The molecule has 0 atom stereocenters. The van der Waals surface area contributed by atoms with Crippen molar-refractivity contribution in [3.63, 3.8) is 0 Å². The van der Waals surface area contributed by atoms with E-state index in [4.69, 9.17) is 16.6 Å². The van der Waals surface area contributed by atoms with Crippen LogP contribution in [-0.4, -0.2) is 9.55 Å². The monoisotopic (exact) mass is 562 g/mol. The summed E-state index contributed by atoms with van der Waals surface area (Å²) >= 11 is 12.0. The van der Waals surface area contributed by atoms with Crippen molar-refractivity contribution in [2.45, 2.75) is 0 Å². The molecule has 0 amide bonds. The smallest absolute Gasteiger partial charge is 0.266 e. The molecule has 0 aliphatic heterocycles. The molecule has 0 N–H and O–H groups in total. The molecule has 0 unspecified atom stereocenters. The van der Waals surface area contributed by atoms with E-state index in [0.29, 0.717) is 27.4 Å². The maximum absolute atomic E-state index is 13.3. The first kappa shape index (κ1) is 19.4. The van der Waals surface area contributed by atoms with Gasteiger partial charge in [0, 0.05) is 8.04 Å². The number of hydrogen-bond acceptors (Lipinski definition) is 2. The molecule has 138 valence electrons. The van der Waals surface area contributed by atoms with Crippen molar-refractivity contribution < 1.29 is 0 Å². The van der Waals surface area contributed by atoms with Crippen LogP contribution in [0.5, 0.6) is 0 Å². The average Bonchev–Trinajstić information content (AvgIpc) is 2.69. The van der Waals surface area contributed by atoms with E-state index in [2.05, 4.69) is 38.5 Å². The fourth-order valence-corrected chi connectivity index (χ4v) is 3.87. The molecular formula is C22H13BrClIN2O. The summed E-state index contributed by atoms with van der Waals surface area (Å²) in [6.07, 6.45) is 3.77. The summed E-state index contributed by atoms with van der Waals surface area (Å²) < 4.78 is 3.56. The Balaban J connectivity index is 1.97. The minimum absolute atomic E-state index is 0.146. The number of aromatic nitrogens is 2. The van der Waals surface area contributed by atoms with Crippen molar-refractivity contribution in [1.82, 2.24) is 9.55 Å². The Morgan fingerprint density at radius 2 is 1.75 bits per heavy atom. The third-order valence-electron chi connectivity index (χ3n) is 4.24. The molecule has 1 aromatic heterocycles. The first-order valence-electron chi connectivity index (χ1n) is 8.44. The number of para-hydroxylation sites is 1. The second-order valence-corrected chi connectivity index (χ2v) is 8.68. The van der Waals surface area contributed by atoms with E-state index in [1.165, 1.54) is 0 Å². The number of rotatable bonds is 3. The van der Waals surface area contributed by atoms with E-state index in [-0.39, 0.29) is 5.56 Å². The van der Waals surface area contributed by atoms with Gasteiger partial charge >= 0.3 is 0 Å². The fraction of sp³-hybridized carbons (Fsp3) is 0. The van der Waals surface area contributed by atoms with Gasteiger partial charge in [-0.25, -0.2) is 4.98 Å². The second-order valence-electron chi connectivity index (χ2n) is 6.11. The van der Waals surface area contributed by atoms with E-state index >= 15 is 0 Å². The SMILES string of the molecule is O=c1c2cc(I)ccc2nc(C=Cc2ccc(Br)cc2)n1-c1ccccc1Cl. The van der Waals surface area contributed by atoms with Gasteiger partial charge in [-0.05, 0) is 76.7 Å². The maximum atomic E-state index is 13.3. The molecule has 0 saturated heterocycles. The Bertz CT molecular complexity index is 1270. The molecule has 0 aliphatic rings. The molecule has 4 rings (SSSR count).